The summed E-state index contributed by atoms with van der Waals surface area (Å²) in [6, 6.07) is 7.44. The van der Waals surface area contributed by atoms with E-state index in [2.05, 4.69) is 4.74 Å². The van der Waals surface area contributed by atoms with Crippen molar-refractivity contribution in [3.8, 4) is 5.75 Å². The standard InChI is InChI=1S/C11H12O4/c1-13-8-5-3-7(4-6-8)9-10(15-9)11(12)14-2/h3-6,9-10H,1-2H3/t9-,10-/m0/s1. The summed E-state index contributed by atoms with van der Waals surface area (Å²) >= 11 is 0. The van der Waals surface area contributed by atoms with Crippen LogP contribution in [-0.2, 0) is 14.3 Å². The average molecular weight is 208 g/mol. The maximum atomic E-state index is 11.1. The van der Waals surface area contributed by atoms with Crippen molar-refractivity contribution in [1.82, 2.24) is 0 Å². The largest absolute Gasteiger partial charge is 0.497 e. The van der Waals surface area contributed by atoms with E-state index in [9.17, 15) is 4.79 Å². The van der Waals surface area contributed by atoms with Gasteiger partial charge >= 0.3 is 5.97 Å². The molecule has 0 spiro atoms. The van der Waals surface area contributed by atoms with E-state index in [4.69, 9.17) is 9.47 Å². The Morgan fingerprint density at radius 2 is 1.93 bits per heavy atom. The van der Waals surface area contributed by atoms with E-state index < -0.39 is 6.10 Å². The molecule has 1 fully saturated rings. The molecule has 0 N–H and O–H groups in total. The zero-order chi connectivity index (χ0) is 10.8. The molecule has 1 aliphatic rings. The molecule has 0 aliphatic carbocycles. The number of methoxy groups -OCH3 is 2. The van der Waals surface area contributed by atoms with Crippen molar-refractivity contribution in [2.75, 3.05) is 14.2 Å². The lowest BCUT2D eigenvalue weighted by molar-refractivity contribution is -0.142. The Morgan fingerprint density at radius 1 is 1.27 bits per heavy atom. The van der Waals surface area contributed by atoms with E-state index in [1.165, 1.54) is 7.11 Å². The highest BCUT2D eigenvalue weighted by Crippen LogP contribution is 2.39. The van der Waals surface area contributed by atoms with Gasteiger partial charge in [-0.2, -0.15) is 0 Å². The number of epoxide rings is 1. The van der Waals surface area contributed by atoms with Crippen molar-refractivity contribution in [1.29, 1.82) is 0 Å². The number of esters is 1. The molecule has 1 heterocycles. The summed E-state index contributed by atoms with van der Waals surface area (Å²) in [5.41, 5.74) is 0.964. The summed E-state index contributed by atoms with van der Waals surface area (Å²) in [5, 5.41) is 0. The Hall–Kier alpha value is -1.55. The second-order valence-corrected chi connectivity index (χ2v) is 3.27. The summed E-state index contributed by atoms with van der Waals surface area (Å²) in [7, 11) is 2.97. The minimum Gasteiger partial charge on any atom is -0.497 e. The van der Waals surface area contributed by atoms with Gasteiger partial charge in [-0.05, 0) is 17.7 Å². The van der Waals surface area contributed by atoms with Gasteiger partial charge in [0.05, 0.1) is 14.2 Å². The molecule has 0 radical (unpaired) electrons. The number of carbonyl (C=O) groups excluding carboxylic acids is 1. The highest BCUT2D eigenvalue weighted by Gasteiger charge is 2.47. The first kappa shape index (κ1) is 9.98. The smallest absolute Gasteiger partial charge is 0.338 e. The molecule has 2 atom stereocenters. The quantitative estimate of drug-likeness (QED) is 0.555. The first-order valence-corrected chi connectivity index (χ1v) is 4.63. The summed E-state index contributed by atoms with van der Waals surface area (Å²) in [4.78, 5) is 11.1. The summed E-state index contributed by atoms with van der Waals surface area (Å²) in [6.45, 7) is 0. The van der Waals surface area contributed by atoms with Gasteiger partial charge in [-0.1, -0.05) is 12.1 Å². The molecule has 1 aromatic rings. The van der Waals surface area contributed by atoms with Gasteiger partial charge in [-0.15, -0.1) is 0 Å². The molecule has 80 valence electrons. The van der Waals surface area contributed by atoms with E-state index >= 15 is 0 Å². The van der Waals surface area contributed by atoms with Crippen LogP contribution in [0, 0.1) is 0 Å². The predicted molar refractivity (Wildman–Crippen MR) is 52.6 cm³/mol. The van der Waals surface area contributed by atoms with Crippen LogP contribution in [0.2, 0.25) is 0 Å². The minimum atomic E-state index is -0.441. The first-order valence-electron chi connectivity index (χ1n) is 4.63. The highest BCUT2D eigenvalue weighted by molar-refractivity contribution is 5.78. The lowest BCUT2D eigenvalue weighted by Crippen LogP contribution is -2.09. The molecule has 0 saturated carbocycles. The topological polar surface area (TPSA) is 48.1 Å². The van der Waals surface area contributed by atoms with Crippen molar-refractivity contribution in [3.63, 3.8) is 0 Å². The predicted octanol–water partition coefficient (Wildman–Crippen LogP) is 1.31. The minimum absolute atomic E-state index is 0.164. The highest BCUT2D eigenvalue weighted by atomic mass is 16.6. The Balaban J connectivity index is 2.04. The van der Waals surface area contributed by atoms with Gasteiger partial charge in [0.25, 0.3) is 0 Å². The zero-order valence-electron chi connectivity index (χ0n) is 8.60. The maximum Gasteiger partial charge on any atom is 0.338 e. The van der Waals surface area contributed by atoms with Gasteiger partial charge < -0.3 is 14.2 Å². The van der Waals surface area contributed by atoms with Crippen LogP contribution in [0.5, 0.6) is 5.75 Å². The van der Waals surface area contributed by atoms with Crippen LogP contribution >= 0.6 is 0 Å². The zero-order valence-corrected chi connectivity index (χ0v) is 8.60. The Labute approximate surface area is 87.8 Å². The fourth-order valence-electron chi connectivity index (χ4n) is 1.45. The third kappa shape index (κ3) is 1.94. The molecule has 4 nitrogen and oxygen atoms in total. The Kier molecular flexibility index (Phi) is 2.60. The average Bonchev–Trinajstić information content (AvgIpc) is 3.08. The molecule has 0 unspecified atom stereocenters. The van der Waals surface area contributed by atoms with Crippen molar-refractivity contribution >= 4 is 5.97 Å². The van der Waals surface area contributed by atoms with Gasteiger partial charge in [0.1, 0.15) is 11.9 Å². The Morgan fingerprint density at radius 3 is 2.47 bits per heavy atom. The second-order valence-electron chi connectivity index (χ2n) is 3.27. The van der Waals surface area contributed by atoms with Crippen LogP contribution in [0.4, 0.5) is 0 Å². The number of hydrogen-bond donors (Lipinski definition) is 0. The van der Waals surface area contributed by atoms with Crippen molar-refractivity contribution in [2.24, 2.45) is 0 Å². The van der Waals surface area contributed by atoms with Gasteiger partial charge in [-0.3, -0.25) is 0 Å². The summed E-state index contributed by atoms with van der Waals surface area (Å²) in [5.74, 6) is 0.463. The number of benzene rings is 1. The number of hydrogen-bond acceptors (Lipinski definition) is 4. The van der Waals surface area contributed by atoms with E-state index in [1.807, 2.05) is 24.3 Å². The van der Waals surface area contributed by atoms with Crippen LogP contribution < -0.4 is 4.74 Å². The van der Waals surface area contributed by atoms with Gasteiger partial charge in [0.2, 0.25) is 0 Å². The summed E-state index contributed by atoms with van der Waals surface area (Å²) in [6.07, 6.45) is -0.605. The van der Waals surface area contributed by atoms with Crippen LogP contribution in [0.25, 0.3) is 0 Å². The lowest BCUT2D eigenvalue weighted by Gasteiger charge is -2.00. The SMILES string of the molecule is COC(=O)[C@H]1O[C@H]1c1ccc(OC)cc1. The maximum absolute atomic E-state index is 11.1. The van der Waals surface area contributed by atoms with Crippen molar-refractivity contribution in [3.05, 3.63) is 29.8 Å². The number of carbonyl (C=O) groups is 1. The van der Waals surface area contributed by atoms with Gasteiger partial charge in [0, 0.05) is 0 Å². The molecular weight excluding hydrogens is 196 g/mol. The first-order chi connectivity index (χ1) is 7.26. The molecule has 0 aromatic heterocycles. The molecule has 1 saturated heterocycles. The molecule has 2 rings (SSSR count). The molecule has 0 amide bonds. The van der Waals surface area contributed by atoms with E-state index in [0.717, 1.165) is 11.3 Å². The monoisotopic (exact) mass is 208 g/mol. The molecular formula is C11H12O4. The number of ether oxygens (including phenoxy) is 3. The fourth-order valence-corrected chi connectivity index (χ4v) is 1.45. The molecule has 15 heavy (non-hydrogen) atoms. The number of rotatable bonds is 3. The third-order valence-corrected chi connectivity index (χ3v) is 2.37. The third-order valence-electron chi connectivity index (χ3n) is 2.37. The van der Waals surface area contributed by atoms with Gasteiger partial charge in [-0.25, -0.2) is 4.79 Å². The van der Waals surface area contributed by atoms with Crippen LogP contribution in [0.3, 0.4) is 0 Å². The molecule has 4 heteroatoms. The van der Waals surface area contributed by atoms with E-state index in [0.29, 0.717) is 0 Å². The normalized spacial score (nSPS) is 23.3. The van der Waals surface area contributed by atoms with E-state index in [-0.39, 0.29) is 12.1 Å². The van der Waals surface area contributed by atoms with Crippen LogP contribution in [0.1, 0.15) is 11.7 Å². The fraction of sp³-hybridized carbons (Fsp3) is 0.364. The Bertz CT molecular complexity index is 357. The van der Waals surface area contributed by atoms with Gasteiger partial charge in [0.15, 0.2) is 6.10 Å². The van der Waals surface area contributed by atoms with Crippen molar-refractivity contribution in [2.45, 2.75) is 12.2 Å². The van der Waals surface area contributed by atoms with Crippen molar-refractivity contribution < 1.29 is 19.0 Å². The molecule has 0 bridgehead atoms. The lowest BCUT2D eigenvalue weighted by atomic mass is 10.1. The molecule has 1 aliphatic heterocycles. The second kappa shape index (κ2) is 3.90. The molecule has 1 aromatic carbocycles. The summed E-state index contributed by atoms with van der Waals surface area (Å²) < 4.78 is 14.8. The van der Waals surface area contributed by atoms with Crippen LogP contribution in [0.15, 0.2) is 24.3 Å². The van der Waals surface area contributed by atoms with E-state index in [1.54, 1.807) is 7.11 Å². The van der Waals surface area contributed by atoms with Crippen LogP contribution in [-0.4, -0.2) is 26.3 Å².